The average Bonchev–Trinajstić information content (AvgIpc) is 3.36. The molecule has 70 heavy (non-hydrogen) atoms. The molecular formula is C59H103NO10. The number of amides is 1. The Hall–Kier alpha value is -2.90. The van der Waals surface area contributed by atoms with E-state index in [1.165, 1.54) is 96.3 Å². The molecule has 1 fully saturated rings. The van der Waals surface area contributed by atoms with Crippen molar-refractivity contribution in [2.75, 3.05) is 19.8 Å². The summed E-state index contributed by atoms with van der Waals surface area (Å²) < 4.78 is 16.6. The van der Waals surface area contributed by atoms with Crippen molar-refractivity contribution in [1.29, 1.82) is 0 Å². The van der Waals surface area contributed by atoms with Crippen LogP contribution in [0.3, 0.4) is 0 Å². The van der Waals surface area contributed by atoms with Crippen molar-refractivity contribution in [3.8, 4) is 0 Å². The van der Waals surface area contributed by atoms with E-state index in [-0.39, 0.29) is 18.5 Å². The predicted molar refractivity (Wildman–Crippen MR) is 287 cm³/mol. The van der Waals surface area contributed by atoms with Gasteiger partial charge in [0.1, 0.15) is 24.4 Å². The van der Waals surface area contributed by atoms with Crippen molar-refractivity contribution in [2.24, 2.45) is 0 Å². The lowest BCUT2D eigenvalue weighted by molar-refractivity contribution is -0.302. The van der Waals surface area contributed by atoms with Crippen molar-refractivity contribution in [3.63, 3.8) is 0 Å². The van der Waals surface area contributed by atoms with Crippen molar-refractivity contribution >= 4 is 11.9 Å². The van der Waals surface area contributed by atoms with Crippen molar-refractivity contribution in [2.45, 2.75) is 269 Å². The van der Waals surface area contributed by atoms with Gasteiger partial charge in [-0.05, 0) is 103 Å². The van der Waals surface area contributed by atoms with Gasteiger partial charge in [0.05, 0.1) is 32.0 Å². The molecule has 11 heteroatoms. The van der Waals surface area contributed by atoms with Crippen LogP contribution in [0, 0.1) is 0 Å². The van der Waals surface area contributed by atoms with Crippen molar-refractivity contribution in [3.05, 3.63) is 72.9 Å². The summed E-state index contributed by atoms with van der Waals surface area (Å²) in [5.74, 6) is -0.252. The Morgan fingerprint density at radius 3 is 1.64 bits per heavy atom. The maximum absolute atomic E-state index is 13.0. The molecule has 1 amide bonds. The van der Waals surface area contributed by atoms with Gasteiger partial charge in [-0.25, -0.2) is 0 Å². The molecule has 7 unspecified atom stereocenters. The molecule has 0 bridgehead atoms. The fourth-order valence-corrected chi connectivity index (χ4v) is 8.24. The molecule has 0 aromatic carbocycles. The fourth-order valence-electron chi connectivity index (χ4n) is 8.24. The molecule has 0 radical (unpaired) electrons. The quantitative estimate of drug-likeness (QED) is 0.0149. The second-order valence-electron chi connectivity index (χ2n) is 19.3. The highest BCUT2D eigenvalue weighted by molar-refractivity contribution is 5.76. The third kappa shape index (κ3) is 37.8. The van der Waals surface area contributed by atoms with E-state index in [0.29, 0.717) is 19.4 Å². The minimum absolute atomic E-state index is 0.0456. The second-order valence-corrected chi connectivity index (χ2v) is 19.3. The molecule has 0 saturated carbocycles. The molecule has 404 valence electrons. The Balaban J connectivity index is 2.11. The number of allylic oxidation sites excluding steroid dienone is 11. The molecular weight excluding hydrogens is 883 g/mol. The zero-order chi connectivity index (χ0) is 51.0. The summed E-state index contributed by atoms with van der Waals surface area (Å²) in [6, 6.07) is -0.836. The lowest BCUT2D eigenvalue weighted by Crippen LogP contribution is -2.60. The molecule has 1 saturated heterocycles. The predicted octanol–water partition coefficient (Wildman–Crippen LogP) is 12.4. The standard InChI is InChI=1S/C59H103NO10/c1-3-5-7-9-11-13-15-23-27-31-35-39-43-47-55(64)68-48-44-40-36-32-28-25-22-20-18-16-17-19-21-24-26-30-34-38-42-46-54(63)60-51(50-69-59-58(67)57(66)56(65)53(49-61)70-59)52(62)45-41-37-33-29-14-12-10-8-6-4-2/h7,9,13-15,20,22,25,28-29,41,45,51-53,56-59,61-62,65-67H,3-6,8,10-12,16-19,21,23-24,26-27,30-40,42-44,46-50H2,1-2H3,(H,60,63)/b9-7-,15-13-,22-20-,28-25-,29-14+,45-41+. The fraction of sp³-hybridized carbons (Fsp3) is 0.763. The van der Waals surface area contributed by atoms with E-state index in [9.17, 15) is 35.1 Å². The van der Waals surface area contributed by atoms with Crippen molar-refractivity contribution in [1.82, 2.24) is 5.32 Å². The first-order valence-electron chi connectivity index (χ1n) is 28.2. The molecule has 0 spiro atoms. The normalized spacial score (nSPS) is 19.8. The smallest absolute Gasteiger partial charge is 0.305 e. The highest BCUT2D eigenvalue weighted by Crippen LogP contribution is 2.23. The largest absolute Gasteiger partial charge is 0.466 e. The van der Waals surface area contributed by atoms with E-state index in [1.54, 1.807) is 6.08 Å². The second kappa shape index (κ2) is 48.4. The summed E-state index contributed by atoms with van der Waals surface area (Å²) in [5, 5.41) is 54.2. The number of rotatable bonds is 47. The molecule has 1 aliphatic rings. The highest BCUT2D eigenvalue weighted by Gasteiger charge is 2.44. The molecule has 1 aliphatic heterocycles. The Kier molecular flexibility index (Phi) is 45.0. The van der Waals surface area contributed by atoms with Crippen LogP contribution in [0.25, 0.3) is 0 Å². The van der Waals surface area contributed by atoms with Crippen LogP contribution in [-0.2, 0) is 23.8 Å². The summed E-state index contributed by atoms with van der Waals surface area (Å²) in [7, 11) is 0. The van der Waals surface area contributed by atoms with Gasteiger partial charge in [0.2, 0.25) is 5.91 Å². The number of carbonyl (C=O) groups excluding carboxylic acids is 2. The third-order valence-electron chi connectivity index (χ3n) is 12.8. The van der Waals surface area contributed by atoms with E-state index in [1.807, 2.05) is 6.08 Å². The highest BCUT2D eigenvalue weighted by atomic mass is 16.7. The molecule has 0 aliphatic carbocycles. The number of unbranched alkanes of at least 4 members (excludes halogenated alkanes) is 24. The summed E-state index contributed by atoms with van der Waals surface area (Å²) >= 11 is 0. The van der Waals surface area contributed by atoms with E-state index < -0.39 is 49.5 Å². The number of hydrogen-bond acceptors (Lipinski definition) is 10. The number of nitrogens with one attached hydrogen (secondary N) is 1. The monoisotopic (exact) mass is 986 g/mol. The van der Waals surface area contributed by atoms with Crippen LogP contribution in [-0.4, -0.2) is 100 Å². The first kappa shape index (κ1) is 65.1. The van der Waals surface area contributed by atoms with Crippen LogP contribution in [0.5, 0.6) is 0 Å². The molecule has 0 aromatic rings. The molecule has 6 N–H and O–H groups in total. The molecule has 7 atom stereocenters. The minimum Gasteiger partial charge on any atom is -0.466 e. The van der Waals surface area contributed by atoms with Gasteiger partial charge in [0.25, 0.3) is 0 Å². The number of esters is 1. The summed E-state index contributed by atoms with van der Waals surface area (Å²) in [6.07, 6.45) is 52.8. The lowest BCUT2D eigenvalue weighted by Gasteiger charge is -2.40. The van der Waals surface area contributed by atoms with Gasteiger partial charge >= 0.3 is 5.97 Å². The Labute approximate surface area is 426 Å². The molecule has 1 rings (SSSR count). The van der Waals surface area contributed by atoms with E-state index in [4.69, 9.17) is 14.2 Å². The van der Waals surface area contributed by atoms with E-state index in [2.05, 4.69) is 79.9 Å². The van der Waals surface area contributed by atoms with Crippen LogP contribution in [0.1, 0.15) is 226 Å². The zero-order valence-corrected chi connectivity index (χ0v) is 44.2. The Morgan fingerprint density at radius 1 is 0.543 bits per heavy atom. The van der Waals surface area contributed by atoms with Crippen LogP contribution in [0.4, 0.5) is 0 Å². The first-order chi connectivity index (χ1) is 34.2. The summed E-state index contributed by atoms with van der Waals surface area (Å²) in [6.45, 7) is 4.15. The van der Waals surface area contributed by atoms with Crippen LogP contribution >= 0.6 is 0 Å². The van der Waals surface area contributed by atoms with Gasteiger partial charge < -0.3 is 45.1 Å². The first-order valence-corrected chi connectivity index (χ1v) is 28.2. The van der Waals surface area contributed by atoms with Crippen LogP contribution in [0.2, 0.25) is 0 Å². The Morgan fingerprint density at radius 2 is 1.04 bits per heavy atom. The minimum atomic E-state index is -1.58. The summed E-state index contributed by atoms with van der Waals surface area (Å²) in [4.78, 5) is 25.0. The maximum Gasteiger partial charge on any atom is 0.305 e. The van der Waals surface area contributed by atoms with Gasteiger partial charge in [-0.1, -0.05) is 183 Å². The van der Waals surface area contributed by atoms with Gasteiger partial charge in [0, 0.05) is 12.8 Å². The number of hydrogen-bond donors (Lipinski definition) is 6. The van der Waals surface area contributed by atoms with Crippen LogP contribution in [0.15, 0.2) is 72.9 Å². The topological polar surface area (TPSA) is 175 Å². The number of aliphatic hydroxyl groups is 5. The molecule has 1 heterocycles. The molecule has 0 aromatic heterocycles. The lowest BCUT2D eigenvalue weighted by atomic mass is 9.99. The maximum atomic E-state index is 13.0. The van der Waals surface area contributed by atoms with Crippen molar-refractivity contribution < 1.29 is 49.3 Å². The molecule has 11 nitrogen and oxygen atoms in total. The van der Waals surface area contributed by atoms with Gasteiger partial charge in [-0.15, -0.1) is 0 Å². The van der Waals surface area contributed by atoms with Gasteiger partial charge in [-0.2, -0.15) is 0 Å². The number of carbonyl (C=O) groups is 2. The van der Waals surface area contributed by atoms with Crippen LogP contribution < -0.4 is 5.32 Å². The third-order valence-corrected chi connectivity index (χ3v) is 12.8. The van der Waals surface area contributed by atoms with E-state index in [0.717, 1.165) is 103 Å². The SMILES string of the molecule is CCC/C=C\C/C=C\CCCCCCCC(=O)OCCCCC/C=C\C=C/CCCCCCCCCCCCC(=O)NC(COC1OC(CO)C(O)C(O)C1O)C(O)/C=C/CC/C=C/CCCCCC. The number of aliphatic hydroxyl groups excluding tert-OH is 5. The van der Waals surface area contributed by atoms with Gasteiger partial charge in [0.15, 0.2) is 6.29 Å². The average molecular weight is 986 g/mol. The van der Waals surface area contributed by atoms with Gasteiger partial charge in [-0.3, -0.25) is 9.59 Å². The zero-order valence-electron chi connectivity index (χ0n) is 44.2. The van der Waals surface area contributed by atoms with E-state index >= 15 is 0 Å². The number of ether oxygens (including phenoxy) is 3. The summed E-state index contributed by atoms with van der Waals surface area (Å²) in [5.41, 5.74) is 0. The Bertz CT molecular complexity index is 1390.